The van der Waals surface area contributed by atoms with Crippen LogP contribution >= 0.6 is 0 Å². The Morgan fingerprint density at radius 3 is 2.86 bits per heavy atom. The van der Waals surface area contributed by atoms with Gasteiger partial charge in [0.05, 0.1) is 24.0 Å². The first-order valence-electron chi connectivity index (χ1n) is 3.78. The molecule has 14 heavy (non-hydrogen) atoms. The Morgan fingerprint density at radius 1 is 1.64 bits per heavy atom. The standard InChI is InChI=1S/C9H9FN2O2/c1-11-7-4-3-6(9(13)14-2)5-8(7)12-10/h3-5,12H,1H2,2H3. The molecule has 4 nitrogen and oxygen atoms in total. The van der Waals surface area contributed by atoms with E-state index in [1.165, 1.54) is 30.8 Å². The lowest BCUT2D eigenvalue weighted by atomic mass is 10.2. The predicted molar refractivity (Wildman–Crippen MR) is 51.7 cm³/mol. The van der Waals surface area contributed by atoms with Gasteiger partial charge in [-0.3, -0.25) is 4.99 Å². The van der Waals surface area contributed by atoms with Crippen molar-refractivity contribution >= 4 is 24.1 Å². The largest absolute Gasteiger partial charge is 0.465 e. The van der Waals surface area contributed by atoms with Gasteiger partial charge in [0.15, 0.2) is 0 Å². The Morgan fingerprint density at radius 2 is 2.36 bits per heavy atom. The number of benzene rings is 1. The SMILES string of the molecule is C=Nc1ccc(C(=O)OC)cc1NF. The number of hydrogen-bond donors (Lipinski definition) is 1. The van der Waals surface area contributed by atoms with Crippen LogP contribution in [0.4, 0.5) is 15.9 Å². The average Bonchev–Trinajstić information content (AvgIpc) is 2.26. The molecular weight excluding hydrogens is 187 g/mol. The number of methoxy groups -OCH3 is 1. The van der Waals surface area contributed by atoms with Gasteiger partial charge in [0.2, 0.25) is 0 Å². The van der Waals surface area contributed by atoms with Gasteiger partial charge in [0, 0.05) is 0 Å². The summed E-state index contributed by atoms with van der Waals surface area (Å²) in [4.78, 5) is 14.6. The molecule has 1 N–H and O–H groups in total. The van der Waals surface area contributed by atoms with E-state index in [4.69, 9.17) is 0 Å². The Hall–Kier alpha value is -1.91. The normalized spacial score (nSPS) is 9.29. The predicted octanol–water partition coefficient (Wildman–Crippen LogP) is 2.10. The minimum Gasteiger partial charge on any atom is -0.465 e. The van der Waals surface area contributed by atoms with Crippen molar-refractivity contribution in [2.24, 2.45) is 4.99 Å². The Kier molecular flexibility index (Phi) is 3.17. The molecule has 5 heteroatoms. The van der Waals surface area contributed by atoms with Crippen LogP contribution in [-0.4, -0.2) is 19.8 Å². The Balaban J connectivity index is 3.13. The first kappa shape index (κ1) is 10.2. The van der Waals surface area contributed by atoms with Crippen molar-refractivity contribution in [1.82, 2.24) is 0 Å². The molecule has 0 amide bonds. The van der Waals surface area contributed by atoms with E-state index in [2.05, 4.69) is 16.4 Å². The summed E-state index contributed by atoms with van der Waals surface area (Å²) < 4.78 is 16.7. The van der Waals surface area contributed by atoms with Crippen LogP contribution in [0.15, 0.2) is 23.2 Å². The zero-order valence-electron chi connectivity index (χ0n) is 7.58. The maximum absolute atomic E-state index is 12.2. The zero-order valence-corrected chi connectivity index (χ0v) is 7.58. The van der Waals surface area contributed by atoms with Gasteiger partial charge in [0.1, 0.15) is 0 Å². The van der Waals surface area contributed by atoms with Crippen molar-refractivity contribution in [3.63, 3.8) is 0 Å². The van der Waals surface area contributed by atoms with Gasteiger partial charge in [-0.25, -0.2) is 10.3 Å². The lowest BCUT2D eigenvalue weighted by Crippen LogP contribution is -2.01. The quantitative estimate of drug-likeness (QED) is 0.457. The van der Waals surface area contributed by atoms with Gasteiger partial charge in [0.25, 0.3) is 0 Å². The molecule has 0 fully saturated rings. The number of nitrogens with one attached hydrogen (secondary N) is 1. The molecule has 1 aromatic rings. The molecule has 0 atom stereocenters. The Bertz CT molecular complexity index is 366. The minimum absolute atomic E-state index is 0.0860. The number of halogens is 1. The molecule has 0 aliphatic heterocycles. The summed E-state index contributed by atoms with van der Waals surface area (Å²) in [5.41, 5.74) is 2.09. The topological polar surface area (TPSA) is 50.7 Å². The number of ether oxygens (including phenoxy) is 1. The molecule has 0 bridgehead atoms. The summed E-state index contributed by atoms with van der Waals surface area (Å²) >= 11 is 0. The van der Waals surface area contributed by atoms with Crippen molar-refractivity contribution in [1.29, 1.82) is 0 Å². The highest BCUT2D eigenvalue weighted by atomic mass is 19.2. The fraction of sp³-hybridized carbons (Fsp3) is 0.111. The molecule has 0 unspecified atom stereocenters. The van der Waals surface area contributed by atoms with E-state index in [1.807, 2.05) is 0 Å². The molecule has 0 saturated carbocycles. The molecule has 0 spiro atoms. The number of nitrogens with zero attached hydrogens (tertiary/aromatic N) is 1. The zero-order chi connectivity index (χ0) is 10.6. The molecule has 0 aliphatic rings. The third-order valence-electron chi connectivity index (χ3n) is 1.69. The monoisotopic (exact) mass is 196 g/mol. The summed E-state index contributed by atoms with van der Waals surface area (Å²) in [6.45, 7) is 3.26. The molecular formula is C9H9FN2O2. The first-order valence-corrected chi connectivity index (χ1v) is 3.78. The number of aliphatic imine (C=N–C) groups is 1. The third-order valence-corrected chi connectivity index (χ3v) is 1.69. The second-order valence-corrected chi connectivity index (χ2v) is 2.48. The summed E-state index contributed by atoms with van der Waals surface area (Å²) in [7, 11) is 1.25. The molecule has 1 aromatic carbocycles. The highest BCUT2D eigenvalue weighted by Gasteiger charge is 2.08. The third kappa shape index (κ3) is 1.87. The summed E-state index contributed by atoms with van der Waals surface area (Å²) in [5, 5.41) is 0. The molecule has 0 radical (unpaired) electrons. The van der Waals surface area contributed by atoms with Gasteiger partial charge in [-0.05, 0) is 24.9 Å². The van der Waals surface area contributed by atoms with Crippen LogP contribution in [0.5, 0.6) is 0 Å². The first-order chi connectivity index (χ1) is 6.72. The van der Waals surface area contributed by atoms with Crippen molar-refractivity contribution in [2.75, 3.05) is 12.6 Å². The fourth-order valence-corrected chi connectivity index (χ4v) is 0.994. The summed E-state index contributed by atoms with van der Waals surface area (Å²) in [5.74, 6) is -0.530. The van der Waals surface area contributed by atoms with Gasteiger partial charge in [-0.2, -0.15) is 0 Å². The second-order valence-electron chi connectivity index (χ2n) is 2.48. The van der Waals surface area contributed by atoms with E-state index in [9.17, 15) is 9.28 Å². The molecule has 0 heterocycles. The second kappa shape index (κ2) is 4.36. The van der Waals surface area contributed by atoms with E-state index in [0.717, 1.165) is 0 Å². The van der Waals surface area contributed by atoms with E-state index in [1.54, 1.807) is 0 Å². The highest BCUT2D eigenvalue weighted by molar-refractivity contribution is 5.91. The number of hydrogen-bond acceptors (Lipinski definition) is 4. The van der Waals surface area contributed by atoms with Crippen LogP contribution in [0.1, 0.15) is 10.4 Å². The number of anilines is 1. The number of rotatable bonds is 3. The van der Waals surface area contributed by atoms with Crippen LogP contribution in [-0.2, 0) is 4.74 Å². The van der Waals surface area contributed by atoms with E-state index in [-0.39, 0.29) is 11.3 Å². The smallest absolute Gasteiger partial charge is 0.337 e. The number of esters is 1. The maximum atomic E-state index is 12.2. The van der Waals surface area contributed by atoms with Gasteiger partial charge in [-0.15, -0.1) is 4.48 Å². The van der Waals surface area contributed by atoms with E-state index >= 15 is 0 Å². The minimum atomic E-state index is -0.530. The molecule has 1 rings (SSSR count). The van der Waals surface area contributed by atoms with Crippen molar-refractivity contribution < 1.29 is 14.0 Å². The van der Waals surface area contributed by atoms with Gasteiger partial charge in [-0.1, -0.05) is 0 Å². The van der Waals surface area contributed by atoms with Gasteiger partial charge >= 0.3 is 5.97 Å². The van der Waals surface area contributed by atoms with Crippen LogP contribution < -0.4 is 5.54 Å². The van der Waals surface area contributed by atoms with Crippen molar-refractivity contribution in [3.8, 4) is 0 Å². The Labute approximate surface area is 80.3 Å². The van der Waals surface area contributed by atoms with Gasteiger partial charge < -0.3 is 4.74 Å². The van der Waals surface area contributed by atoms with Crippen LogP contribution in [0.25, 0.3) is 0 Å². The highest BCUT2D eigenvalue weighted by Crippen LogP contribution is 2.25. The molecule has 0 aliphatic carbocycles. The maximum Gasteiger partial charge on any atom is 0.337 e. The van der Waals surface area contributed by atoms with Crippen molar-refractivity contribution in [2.45, 2.75) is 0 Å². The molecule has 0 aromatic heterocycles. The van der Waals surface area contributed by atoms with Crippen LogP contribution in [0, 0.1) is 0 Å². The number of carbonyl (C=O) groups is 1. The van der Waals surface area contributed by atoms with E-state index in [0.29, 0.717) is 5.69 Å². The molecule has 74 valence electrons. The summed E-state index contributed by atoms with van der Waals surface area (Å²) in [6.07, 6.45) is 0. The number of carbonyl (C=O) groups excluding carboxylic acids is 1. The average molecular weight is 196 g/mol. The van der Waals surface area contributed by atoms with E-state index < -0.39 is 5.97 Å². The van der Waals surface area contributed by atoms with Crippen molar-refractivity contribution in [3.05, 3.63) is 23.8 Å². The fourth-order valence-electron chi connectivity index (χ4n) is 0.994. The lowest BCUT2D eigenvalue weighted by molar-refractivity contribution is 0.0601. The lowest BCUT2D eigenvalue weighted by Gasteiger charge is -2.04. The molecule has 0 saturated heterocycles. The summed E-state index contributed by atoms with van der Waals surface area (Å²) in [6, 6.07) is 4.26. The van der Waals surface area contributed by atoms with Crippen LogP contribution in [0.3, 0.4) is 0 Å². The van der Waals surface area contributed by atoms with Crippen LogP contribution in [0.2, 0.25) is 0 Å².